The zero-order valence-corrected chi connectivity index (χ0v) is 22.3. The van der Waals surface area contributed by atoms with E-state index in [1.54, 1.807) is 37.4 Å². The van der Waals surface area contributed by atoms with Gasteiger partial charge < -0.3 is 64.2 Å². The van der Waals surface area contributed by atoms with Crippen LogP contribution >= 0.6 is 0 Å². The third-order valence-electron chi connectivity index (χ3n) is 7.46. The molecule has 0 unspecified atom stereocenters. The Hall–Kier alpha value is -2.82. The van der Waals surface area contributed by atoms with E-state index in [2.05, 4.69) is 0 Å². The Bertz CT molecular complexity index is 1220. The van der Waals surface area contributed by atoms with E-state index in [-0.39, 0.29) is 5.75 Å². The molecule has 2 aromatic rings. The molecule has 3 aliphatic rings. The van der Waals surface area contributed by atoms with E-state index in [1.807, 2.05) is 0 Å². The van der Waals surface area contributed by atoms with Crippen molar-refractivity contribution < 1.29 is 64.2 Å². The Morgan fingerprint density at radius 3 is 2.10 bits per heavy atom. The molecule has 0 radical (unpaired) electrons. The number of aliphatic hydroxyl groups excluding tert-OH is 7. The van der Waals surface area contributed by atoms with Crippen LogP contribution in [0.1, 0.15) is 24.2 Å². The Kier molecular flexibility index (Phi) is 8.82. The highest BCUT2D eigenvalue weighted by Crippen LogP contribution is 2.41. The molecule has 3 heterocycles. The first-order valence-corrected chi connectivity index (χ1v) is 13.1. The van der Waals surface area contributed by atoms with Crippen molar-refractivity contribution in [1.82, 2.24) is 0 Å². The Balaban J connectivity index is 1.27. The Morgan fingerprint density at radius 1 is 0.732 bits per heavy atom. The summed E-state index contributed by atoms with van der Waals surface area (Å²) in [5.41, 5.74) is 1.60. The molecule has 2 fully saturated rings. The van der Waals surface area contributed by atoms with Gasteiger partial charge in [0, 0.05) is 11.1 Å². The number of aliphatic hydroxyl groups is 7. The van der Waals surface area contributed by atoms with Gasteiger partial charge in [-0.3, -0.25) is 0 Å². The van der Waals surface area contributed by atoms with Gasteiger partial charge in [0.05, 0.1) is 26.1 Å². The fourth-order valence-corrected chi connectivity index (χ4v) is 4.92. The summed E-state index contributed by atoms with van der Waals surface area (Å²) in [5, 5.41) is 72.6. The molecular weight excluding hydrogens is 544 g/mol. The molecule has 0 aromatic heterocycles. The van der Waals surface area contributed by atoms with Crippen molar-refractivity contribution in [1.29, 1.82) is 0 Å². The van der Waals surface area contributed by atoms with E-state index in [1.165, 1.54) is 25.3 Å². The van der Waals surface area contributed by atoms with E-state index < -0.39 is 74.1 Å². The average Bonchev–Trinajstić information content (AvgIpc) is 2.98. The highest BCUT2D eigenvalue weighted by atomic mass is 16.7. The summed E-state index contributed by atoms with van der Waals surface area (Å²) >= 11 is 0. The van der Waals surface area contributed by atoms with Crippen LogP contribution in [-0.4, -0.2) is 111 Å². The van der Waals surface area contributed by atoms with Gasteiger partial charge in [0.15, 0.2) is 6.29 Å². The second-order valence-electron chi connectivity index (χ2n) is 10.2. The van der Waals surface area contributed by atoms with Crippen LogP contribution in [0.5, 0.6) is 17.2 Å². The standard InChI is InChI=1S/C28H34O13/c1-12-20(29)23(32)25(34)27(39-12)38-11-19-22(31)24(33)26(35)28(41-19)40-15-7-8-18-16(9-15)21(30)17(10-37-18)13-3-5-14(36-2)6-4-13/h3-10,12,19-35H,11H2,1-2H3/t12-,19+,20-,21-,22-,23-,24-,25-,26-,27+,28+/m0/s1. The molecule has 11 atom stereocenters. The maximum absolute atomic E-state index is 11.1. The first-order valence-electron chi connectivity index (χ1n) is 13.1. The van der Waals surface area contributed by atoms with Crippen LogP contribution in [0.2, 0.25) is 0 Å². The van der Waals surface area contributed by atoms with Crippen LogP contribution in [0.25, 0.3) is 5.57 Å². The molecule has 41 heavy (non-hydrogen) atoms. The smallest absolute Gasteiger partial charge is 0.229 e. The van der Waals surface area contributed by atoms with Crippen molar-refractivity contribution in [2.45, 2.75) is 74.4 Å². The van der Waals surface area contributed by atoms with Crippen molar-refractivity contribution in [3.05, 3.63) is 59.9 Å². The maximum atomic E-state index is 11.1. The molecule has 0 saturated carbocycles. The molecule has 0 amide bonds. The highest BCUT2D eigenvalue weighted by Gasteiger charge is 2.47. The van der Waals surface area contributed by atoms with Crippen molar-refractivity contribution in [3.8, 4) is 17.2 Å². The second-order valence-corrected chi connectivity index (χ2v) is 10.2. The zero-order chi connectivity index (χ0) is 29.4. The minimum absolute atomic E-state index is 0.173. The van der Waals surface area contributed by atoms with Crippen LogP contribution in [0, 0.1) is 0 Å². The topological polar surface area (TPSA) is 197 Å². The van der Waals surface area contributed by atoms with Crippen LogP contribution in [0.15, 0.2) is 48.7 Å². The van der Waals surface area contributed by atoms with Gasteiger partial charge in [-0.1, -0.05) is 12.1 Å². The minimum atomic E-state index is -1.68. The summed E-state index contributed by atoms with van der Waals surface area (Å²) in [6.07, 6.45) is -13.8. The van der Waals surface area contributed by atoms with Gasteiger partial charge in [0.2, 0.25) is 6.29 Å². The first kappa shape index (κ1) is 29.7. The Morgan fingerprint density at radius 2 is 1.39 bits per heavy atom. The summed E-state index contributed by atoms with van der Waals surface area (Å²) in [4.78, 5) is 0. The molecule has 2 saturated heterocycles. The number of methoxy groups -OCH3 is 1. The van der Waals surface area contributed by atoms with Gasteiger partial charge >= 0.3 is 0 Å². The molecule has 5 rings (SSSR count). The monoisotopic (exact) mass is 578 g/mol. The highest BCUT2D eigenvalue weighted by molar-refractivity contribution is 5.73. The second kappa shape index (κ2) is 12.2. The molecule has 13 nitrogen and oxygen atoms in total. The van der Waals surface area contributed by atoms with E-state index in [9.17, 15) is 35.7 Å². The molecule has 0 aliphatic carbocycles. The lowest BCUT2D eigenvalue weighted by Gasteiger charge is -2.42. The van der Waals surface area contributed by atoms with E-state index in [0.717, 1.165) is 0 Å². The average molecular weight is 579 g/mol. The lowest BCUT2D eigenvalue weighted by atomic mass is 9.94. The minimum Gasteiger partial charge on any atom is -0.497 e. The number of ether oxygens (including phenoxy) is 6. The zero-order valence-electron chi connectivity index (χ0n) is 22.3. The fraction of sp³-hybridized carbons (Fsp3) is 0.500. The predicted octanol–water partition coefficient (Wildman–Crippen LogP) is -0.807. The fourth-order valence-electron chi connectivity index (χ4n) is 4.92. The third-order valence-corrected chi connectivity index (χ3v) is 7.46. The number of hydrogen-bond acceptors (Lipinski definition) is 13. The summed E-state index contributed by atoms with van der Waals surface area (Å²) in [6.45, 7) is 1.07. The molecule has 13 heteroatoms. The van der Waals surface area contributed by atoms with Crippen molar-refractivity contribution >= 4 is 5.57 Å². The normalized spacial score (nSPS) is 37.0. The summed E-state index contributed by atoms with van der Waals surface area (Å²) < 4.78 is 33.3. The van der Waals surface area contributed by atoms with Crippen LogP contribution < -0.4 is 14.2 Å². The largest absolute Gasteiger partial charge is 0.497 e. The molecule has 7 N–H and O–H groups in total. The van der Waals surface area contributed by atoms with Crippen molar-refractivity contribution in [3.63, 3.8) is 0 Å². The summed E-state index contributed by atoms with van der Waals surface area (Å²) in [7, 11) is 1.56. The van der Waals surface area contributed by atoms with Crippen LogP contribution in [0.4, 0.5) is 0 Å². The van der Waals surface area contributed by atoms with Crippen molar-refractivity contribution in [2.24, 2.45) is 0 Å². The van der Waals surface area contributed by atoms with Crippen LogP contribution in [0.3, 0.4) is 0 Å². The quantitative estimate of drug-likeness (QED) is 0.216. The third kappa shape index (κ3) is 5.92. The predicted molar refractivity (Wildman–Crippen MR) is 139 cm³/mol. The number of rotatable bonds is 7. The van der Waals surface area contributed by atoms with E-state index in [4.69, 9.17) is 28.4 Å². The number of hydrogen-bond donors (Lipinski definition) is 7. The summed E-state index contributed by atoms with van der Waals surface area (Å²) in [5.74, 6) is 1.22. The number of fused-ring (bicyclic) bond motifs is 1. The molecule has 0 bridgehead atoms. The maximum Gasteiger partial charge on any atom is 0.229 e. The summed E-state index contributed by atoms with van der Waals surface area (Å²) in [6, 6.07) is 11.7. The van der Waals surface area contributed by atoms with Crippen LogP contribution in [-0.2, 0) is 14.2 Å². The lowest BCUT2D eigenvalue weighted by Crippen LogP contribution is -2.61. The van der Waals surface area contributed by atoms with Gasteiger partial charge in [0.25, 0.3) is 0 Å². The van der Waals surface area contributed by atoms with Gasteiger partial charge in [0.1, 0.15) is 66.1 Å². The van der Waals surface area contributed by atoms with Crippen molar-refractivity contribution in [2.75, 3.05) is 13.7 Å². The van der Waals surface area contributed by atoms with Gasteiger partial charge in [-0.2, -0.15) is 0 Å². The SMILES string of the molecule is COc1ccc(C2=COc3ccc(O[C@@H]4O[C@H](CO[C@@H]5O[C@@H](C)[C@H](O)[C@H](O)[C@@H]5O)[C@H](O)[C@H](O)[C@@H]4O)cc3[C@@H]2O)cc1. The van der Waals surface area contributed by atoms with E-state index in [0.29, 0.717) is 28.2 Å². The molecule has 2 aromatic carbocycles. The molecule has 0 spiro atoms. The first-order chi connectivity index (χ1) is 19.6. The lowest BCUT2D eigenvalue weighted by molar-refractivity contribution is -0.318. The van der Waals surface area contributed by atoms with Gasteiger partial charge in [-0.25, -0.2) is 0 Å². The van der Waals surface area contributed by atoms with E-state index >= 15 is 0 Å². The van der Waals surface area contributed by atoms with Gasteiger partial charge in [-0.05, 0) is 42.8 Å². The number of benzene rings is 2. The molecule has 3 aliphatic heterocycles. The Labute approximate surface area is 235 Å². The van der Waals surface area contributed by atoms with Gasteiger partial charge in [-0.15, -0.1) is 0 Å². The molecule has 224 valence electrons. The molecular formula is C28H34O13.